The summed E-state index contributed by atoms with van der Waals surface area (Å²) in [4.78, 5) is 25.4. The molecule has 0 amide bonds. The van der Waals surface area contributed by atoms with Gasteiger partial charge in [-0.3, -0.25) is 9.59 Å². The number of allylic oxidation sites excluding steroid dienone is 3. The molecule has 0 saturated heterocycles. The van der Waals surface area contributed by atoms with Gasteiger partial charge < -0.3 is 9.84 Å². The molecule has 0 bridgehead atoms. The Morgan fingerprint density at radius 2 is 1.85 bits per heavy atom. The van der Waals surface area contributed by atoms with Gasteiger partial charge in [0, 0.05) is 5.92 Å². The summed E-state index contributed by atoms with van der Waals surface area (Å²) in [6, 6.07) is 8.84. The molecule has 0 saturated carbocycles. The summed E-state index contributed by atoms with van der Waals surface area (Å²) in [5.74, 6) is -1.54. The molecular formula is C22H26O4. The second-order valence-electron chi connectivity index (χ2n) is 7.10. The lowest BCUT2D eigenvalue weighted by atomic mass is 9.79. The summed E-state index contributed by atoms with van der Waals surface area (Å²) in [5, 5.41) is 10.4. The van der Waals surface area contributed by atoms with Crippen molar-refractivity contribution in [2.75, 3.05) is 6.61 Å². The van der Waals surface area contributed by atoms with E-state index in [9.17, 15) is 14.7 Å². The molecule has 0 aliphatic heterocycles. The quantitative estimate of drug-likeness (QED) is 0.624. The van der Waals surface area contributed by atoms with Crippen LogP contribution in [0.2, 0.25) is 0 Å². The second kappa shape index (κ2) is 8.95. The minimum Gasteiger partial charge on any atom is -0.465 e. The highest BCUT2D eigenvalue weighted by atomic mass is 16.5. The van der Waals surface area contributed by atoms with Gasteiger partial charge in [-0.2, -0.15) is 0 Å². The fourth-order valence-corrected chi connectivity index (χ4v) is 3.69. The van der Waals surface area contributed by atoms with Gasteiger partial charge in [0.15, 0.2) is 5.78 Å². The Kier molecular flexibility index (Phi) is 6.40. The van der Waals surface area contributed by atoms with Gasteiger partial charge in [0.25, 0.3) is 0 Å². The number of carbonyl (C=O) groups excluding carboxylic acids is 2. The van der Waals surface area contributed by atoms with E-state index in [4.69, 9.17) is 4.74 Å². The van der Waals surface area contributed by atoms with E-state index >= 15 is 0 Å². The van der Waals surface area contributed by atoms with Gasteiger partial charge in [-0.15, -0.1) is 0 Å². The van der Waals surface area contributed by atoms with Gasteiger partial charge in [-0.25, -0.2) is 0 Å². The van der Waals surface area contributed by atoms with Crippen molar-refractivity contribution in [3.05, 3.63) is 60.2 Å². The summed E-state index contributed by atoms with van der Waals surface area (Å²) >= 11 is 0. The van der Waals surface area contributed by atoms with Crippen molar-refractivity contribution in [3.63, 3.8) is 0 Å². The lowest BCUT2D eigenvalue weighted by Gasteiger charge is -2.27. The van der Waals surface area contributed by atoms with E-state index in [1.165, 1.54) is 0 Å². The fraction of sp³-hybridized carbons (Fsp3) is 0.455. The Hall–Kier alpha value is -2.20. The number of esters is 1. The number of aliphatic hydroxyl groups excluding tert-OH is 1. The van der Waals surface area contributed by atoms with E-state index in [2.05, 4.69) is 12.2 Å². The highest BCUT2D eigenvalue weighted by molar-refractivity contribution is 5.92. The van der Waals surface area contributed by atoms with Gasteiger partial charge in [-0.05, 0) is 37.7 Å². The molecule has 0 radical (unpaired) electrons. The van der Waals surface area contributed by atoms with E-state index in [0.29, 0.717) is 18.6 Å². The number of ether oxygens (including phenoxy) is 1. The summed E-state index contributed by atoms with van der Waals surface area (Å²) in [6.07, 6.45) is 11.2. The molecule has 4 nitrogen and oxygen atoms in total. The number of ketones is 1. The molecule has 26 heavy (non-hydrogen) atoms. The first-order valence-electron chi connectivity index (χ1n) is 9.43. The fourth-order valence-electron chi connectivity index (χ4n) is 3.69. The number of rotatable bonds is 6. The van der Waals surface area contributed by atoms with Crippen LogP contribution in [0.5, 0.6) is 0 Å². The van der Waals surface area contributed by atoms with Crippen molar-refractivity contribution in [2.24, 2.45) is 17.8 Å². The first-order valence-corrected chi connectivity index (χ1v) is 9.43. The van der Waals surface area contributed by atoms with E-state index in [1.54, 1.807) is 30.3 Å². The molecule has 0 aromatic heterocycles. The third-order valence-electron chi connectivity index (χ3n) is 5.23. The summed E-state index contributed by atoms with van der Waals surface area (Å²) < 4.78 is 5.53. The molecule has 2 aliphatic rings. The molecule has 1 aromatic carbocycles. The zero-order chi connectivity index (χ0) is 18.4. The standard InChI is InChI=1S/C22H26O4/c23-20(17-11-5-2-6-12-17)21(24)18-13-7-8-14-19(18)22(25)26-15-16-9-3-1-4-10-16/h2-3,5-7,9,11-13,16,18-20,23H,1,4,8,10,14-15H2. The molecule has 4 heteroatoms. The topological polar surface area (TPSA) is 63.6 Å². The minimum atomic E-state index is -1.22. The zero-order valence-corrected chi connectivity index (χ0v) is 14.9. The summed E-state index contributed by atoms with van der Waals surface area (Å²) in [7, 11) is 0. The number of benzene rings is 1. The van der Waals surface area contributed by atoms with Gasteiger partial charge in [0.1, 0.15) is 6.10 Å². The van der Waals surface area contributed by atoms with Crippen LogP contribution in [0.4, 0.5) is 0 Å². The van der Waals surface area contributed by atoms with Gasteiger partial charge >= 0.3 is 5.97 Å². The van der Waals surface area contributed by atoms with Crippen molar-refractivity contribution >= 4 is 11.8 Å². The normalized spacial score (nSPS) is 26.3. The molecular weight excluding hydrogens is 328 g/mol. The molecule has 4 unspecified atom stereocenters. The van der Waals surface area contributed by atoms with E-state index in [1.807, 2.05) is 12.1 Å². The third kappa shape index (κ3) is 4.50. The van der Waals surface area contributed by atoms with Crippen LogP contribution in [0.1, 0.15) is 43.8 Å². The first kappa shape index (κ1) is 18.6. The number of aliphatic hydroxyl groups is 1. The summed E-state index contributed by atoms with van der Waals surface area (Å²) in [6.45, 7) is 0.373. The molecule has 3 rings (SSSR count). The van der Waals surface area contributed by atoms with E-state index in [0.717, 1.165) is 25.7 Å². The van der Waals surface area contributed by atoms with Crippen LogP contribution in [0, 0.1) is 17.8 Å². The average molecular weight is 354 g/mol. The largest absolute Gasteiger partial charge is 0.465 e. The van der Waals surface area contributed by atoms with Gasteiger partial charge in [0.2, 0.25) is 0 Å². The lowest BCUT2D eigenvalue weighted by molar-refractivity contribution is -0.154. The van der Waals surface area contributed by atoms with Crippen molar-refractivity contribution in [1.29, 1.82) is 0 Å². The maximum atomic E-state index is 12.8. The SMILES string of the molecule is O=C(C(O)c1ccccc1)C1C=CCCC1C(=O)OCC1C=CCCC1. The number of hydrogen-bond acceptors (Lipinski definition) is 4. The number of Topliss-reactive ketones (excluding diaryl/α,β-unsaturated/α-hetero) is 1. The van der Waals surface area contributed by atoms with Crippen LogP contribution in [0.25, 0.3) is 0 Å². The second-order valence-corrected chi connectivity index (χ2v) is 7.10. The molecule has 0 spiro atoms. The number of hydrogen-bond donors (Lipinski definition) is 1. The molecule has 2 aliphatic carbocycles. The average Bonchev–Trinajstić information content (AvgIpc) is 2.72. The smallest absolute Gasteiger partial charge is 0.310 e. The van der Waals surface area contributed by atoms with Crippen molar-refractivity contribution < 1.29 is 19.4 Å². The van der Waals surface area contributed by atoms with E-state index in [-0.39, 0.29) is 17.7 Å². The highest BCUT2D eigenvalue weighted by Gasteiger charge is 2.37. The molecule has 0 heterocycles. The van der Waals surface area contributed by atoms with E-state index < -0.39 is 17.9 Å². The predicted molar refractivity (Wildman–Crippen MR) is 99.2 cm³/mol. The molecule has 138 valence electrons. The Labute approximate surface area is 154 Å². The van der Waals surface area contributed by atoms with Crippen LogP contribution in [-0.4, -0.2) is 23.5 Å². The van der Waals surface area contributed by atoms with Crippen LogP contribution in [-0.2, 0) is 14.3 Å². The molecule has 0 fully saturated rings. The van der Waals surface area contributed by atoms with Gasteiger partial charge in [-0.1, -0.05) is 54.6 Å². The Morgan fingerprint density at radius 3 is 2.58 bits per heavy atom. The lowest BCUT2D eigenvalue weighted by Crippen LogP contribution is -2.35. The van der Waals surface area contributed by atoms with Crippen LogP contribution in [0.3, 0.4) is 0 Å². The summed E-state index contributed by atoms with van der Waals surface area (Å²) in [5.41, 5.74) is 0.552. The van der Waals surface area contributed by atoms with Crippen LogP contribution < -0.4 is 0 Å². The first-order chi connectivity index (χ1) is 12.7. The maximum absolute atomic E-state index is 12.8. The molecule has 4 atom stereocenters. The monoisotopic (exact) mass is 354 g/mol. The highest BCUT2D eigenvalue weighted by Crippen LogP contribution is 2.31. The third-order valence-corrected chi connectivity index (χ3v) is 5.23. The van der Waals surface area contributed by atoms with Crippen LogP contribution in [0.15, 0.2) is 54.6 Å². The number of carbonyl (C=O) groups is 2. The minimum absolute atomic E-state index is 0.274. The zero-order valence-electron chi connectivity index (χ0n) is 14.9. The van der Waals surface area contributed by atoms with Crippen LogP contribution >= 0.6 is 0 Å². The Balaban J connectivity index is 1.64. The van der Waals surface area contributed by atoms with Gasteiger partial charge in [0.05, 0.1) is 18.4 Å². The Morgan fingerprint density at radius 1 is 1.08 bits per heavy atom. The molecule has 1 N–H and O–H groups in total. The maximum Gasteiger partial charge on any atom is 0.310 e. The molecule has 1 aromatic rings. The van der Waals surface area contributed by atoms with Crippen molar-refractivity contribution in [1.82, 2.24) is 0 Å². The predicted octanol–water partition coefficient (Wildman–Crippen LogP) is 3.77. The van der Waals surface area contributed by atoms with Crippen molar-refractivity contribution in [2.45, 2.75) is 38.2 Å². The van der Waals surface area contributed by atoms with Crippen molar-refractivity contribution in [3.8, 4) is 0 Å². The Bertz CT molecular complexity index is 677.